The summed E-state index contributed by atoms with van der Waals surface area (Å²) in [5.41, 5.74) is 0.713. The maximum Gasteiger partial charge on any atom is 0.165 e. The molecule has 0 aromatic heterocycles. The van der Waals surface area contributed by atoms with Gasteiger partial charge in [0.25, 0.3) is 0 Å². The van der Waals surface area contributed by atoms with Crippen LogP contribution < -0.4 is 4.74 Å². The number of benzene rings is 2. The largest absolute Gasteiger partial charge is 0.486 e. The molecule has 0 spiro atoms. The molecule has 2 rings (SSSR count). The standard InChI is InChI=1S/C16H11F3O2/c17-13-6-12(7-14(18)9-13)10-21-16-8-11(2-1-5-20)3-4-15(16)19/h3-4,6-9,20H,5,10H2. The van der Waals surface area contributed by atoms with Gasteiger partial charge in [0.2, 0.25) is 0 Å². The summed E-state index contributed by atoms with van der Waals surface area (Å²) in [6.07, 6.45) is 0. The van der Waals surface area contributed by atoms with E-state index >= 15 is 0 Å². The third-order valence-corrected chi connectivity index (χ3v) is 2.56. The van der Waals surface area contributed by atoms with Gasteiger partial charge in [-0.1, -0.05) is 11.8 Å². The predicted molar refractivity (Wildman–Crippen MR) is 71.1 cm³/mol. The summed E-state index contributed by atoms with van der Waals surface area (Å²) in [5.74, 6) is 2.90. The summed E-state index contributed by atoms with van der Waals surface area (Å²) < 4.78 is 44.8. The molecule has 0 saturated heterocycles. The molecule has 0 bridgehead atoms. The van der Waals surface area contributed by atoms with E-state index in [4.69, 9.17) is 9.84 Å². The Labute approximate surface area is 119 Å². The quantitative estimate of drug-likeness (QED) is 0.881. The van der Waals surface area contributed by atoms with Crippen molar-refractivity contribution in [2.45, 2.75) is 6.61 Å². The van der Waals surface area contributed by atoms with Crippen LogP contribution in [0.2, 0.25) is 0 Å². The van der Waals surface area contributed by atoms with Crippen LogP contribution in [0.1, 0.15) is 11.1 Å². The number of ether oxygens (including phenoxy) is 1. The maximum atomic E-state index is 13.6. The average Bonchev–Trinajstić information content (AvgIpc) is 2.44. The van der Waals surface area contributed by atoms with Gasteiger partial charge in [-0.3, -0.25) is 0 Å². The normalized spacial score (nSPS) is 9.90. The maximum absolute atomic E-state index is 13.6. The van der Waals surface area contributed by atoms with E-state index in [0.29, 0.717) is 5.56 Å². The lowest BCUT2D eigenvalue weighted by Crippen LogP contribution is -1.99. The zero-order valence-corrected chi connectivity index (χ0v) is 10.9. The number of halogens is 3. The van der Waals surface area contributed by atoms with E-state index in [0.717, 1.165) is 18.2 Å². The number of aliphatic hydroxyl groups is 1. The average molecular weight is 292 g/mol. The van der Waals surface area contributed by atoms with E-state index < -0.39 is 17.5 Å². The van der Waals surface area contributed by atoms with Crippen molar-refractivity contribution in [2.75, 3.05) is 6.61 Å². The molecule has 2 aromatic carbocycles. The Morgan fingerprint density at radius 3 is 2.38 bits per heavy atom. The fourth-order valence-corrected chi connectivity index (χ4v) is 1.69. The molecule has 0 aliphatic heterocycles. The van der Waals surface area contributed by atoms with Crippen molar-refractivity contribution in [2.24, 2.45) is 0 Å². The molecule has 0 heterocycles. The lowest BCUT2D eigenvalue weighted by atomic mass is 10.2. The molecule has 0 fully saturated rings. The SMILES string of the molecule is OCC#Cc1ccc(F)c(OCc2cc(F)cc(F)c2)c1. The smallest absolute Gasteiger partial charge is 0.165 e. The molecule has 21 heavy (non-hydrogen) atoms. The minimum atomic E-state index is -0.725. The van der Waals surface area contributed by atoms with Crippen molar-refractivity contribution in [1.82, 2.24) is 0 Å². The van der Waals surface area contributed by atoms with Gasteiger partial charge in [0.05, 0.1) is 0 Å². The van der Waals surface area contributed by atoms with E-state index in [2.05, 4.69) is 11.8 Å². The fourth-order valence-electron chi connectivity index (χ4n) is 1.69. The van der Waals surface area contributed by atoms with Crippen molar-refractivity contribution < 1.29 is 23.0 Å². The van der Waals surface area contributed by atoms with Gasteiger partial charge in [-0.25, -0.2) is 13.2 Å². The highest BCUT2D eigenvalue weighted by atomic mass is 19.1. The van der Waals surface area contributed by atoms with Crippen LogP contribution in [0, 0.1) is 29.3 Å². The highest BCUT2D eigenvalue weighted by molar-refractivity contribution is 5.40. The Morgan fingerprint density at radius 2 is 1.71 bits per heavy atom. The van der Waals surface area contributed by atoms with E-state index in [9.17, 15) is 13.2 Å². The number of rotatable bonds is 3. The molecule has 1 N–H and O–H groups in total. The van der Waals surface area contributed by atoms with Crippen LogP contribution in [0.5, 0.6) is 5.75 Å². The van der Waals surface area contributed by atoms with Crippen LogP contribution in [0.15, 0.2) is 36.4 Å². The zero-order chi connectivity index (χ0) is 15.2. The first-order valence-electron chi connectivity index (χ1n) is 6.05. The van der Waals surface area contributed by atoms with E-state index in [-0.39, 0.29) is 24.5 Å². The number of hydrogen-bond acceptors (Lipinski definition) is 2. The molecule has 0 atom stereocenters. The summed E-state index contributed by atoms with van der Waals surface area (Å²) in [7, 11) is 0. The van der Waals surface area contributed by atoms with Crippen molar-refractivity contribution >= 4 is 0 Å². The second-order valence-corrected chi connectivity index (χ2v) is 4.17. The molecule has 0 radical (unpaired) electrons. The first kappa shape index (κ1) is 14.9. The van der Waals surface area contributed by atoms with Gasteiger partial charge in [-0.2, -0.15) is 0 Å². The van der Waals surface area contributed by atoms with Gasteiger partial charge < -0.3 is 9.84 Å². The summed E-state index contributed by atoms with van der Waals surface area (Å²) in [4.78, 5) is 0. The summed E-state index contributed by atoms with van der Waals surface area (Å²) in [5, 5.41) is 8.61. The van der Waals surface area contributed by atoms with Crippen LogP contribution in [0.3, 0.4) is 0 Å². The zero-order valence-electron chi connectivity index (χ0n) is 10.9. The Balaban J connectivity index is 2.15. The molecular weight excluding hydrogens is 281 g/mol. The highest BCUT2D eigenvalue weighted by Gasteiger charge is 2.06. The second-order valence-electron chi connectivity index (χ2n) is 4.17. The molecule has 0 amide bonds. The molecule has 0 saturated carbocycles. The first-order chi connectivity index (χ1) is 10.1. The van der Waals surface area contributed by atoms with Gasteiger partial charge in [0.1, 0.15) is 24.8 Å². The van der Waals surface area contributed by atoms with Gasteiger partial charge in [-0.15, -0.1) is 0 Å². The van der Waals surface area contributed by atoms with Crippen LogP contribution in [0.25, 0.3) is 0 Å². The minimum absolute atomic E-state index is 0.0793. The third-order valence-electron chi connectivity index (χ3n) is 2.56. The lowest BCUT2D eigenvalue weighted by Gasteiger charge is -2.08. The van der Waals surface area contributed by atoms with Gasteiger partial charge in [0.15, 0.2) is 11.6 Å². The van der Waals surface area contributed by atoms with E-state index in [1.54, 1.807) is 0 Å². The second kappa shape index (κ2) is 6.82. The Hall–Kier alpha value is -2.45. The summed E-state index contributed by atoms with van der Waals surface area (Å²) >= 11 is 0. The lowest BCUT2D eigenvalue weighted by molar-refractivity contribution is 0.289. The fraction of sp³-hybridized carbons (Fsp3) is 0.125. The molecule has 0 unspecified atom stereocenters. The van der Waals surface area contributed by atoms with Gasteiger partial charge >= 0.3 is 0 Å². The minimum Gasteiger partial charge on any atom is -0.486 e. The number of hydrogen-bond donors (Lipinski definition) is 1. The van der Waals surface area contributed by atoms with Crippen molar-refractivity contribution in [1.29, 1.82) is 0 Å². The van der Waals surface area contributed by atoms with Gasteiger partial charge in [-0.05, 0) is 35.9 Å². The molecule has 108 valence electrons. The Bertz CT molecular complexity index is 682. The van der Waals surface area contributed by atoms with Crippen LogP contribution in [-0.4, -0.2) is 11.7 Å². The highest BCUT2D eigenvalue weighted by Crippen LogP contribution is 2.20. The Kier molecular flexibility index (Phi) is 4.85. The summed E-state index contributed by atoms with van der Waals surface area (Å²) in [6.45, 7) is -0.487. The van der Waals surface area contributed by atoms with Crippen LogP contribution in [0.4, 0.5) is 13.2 Å². The third kappa shape index (κ3) is 4.26. The predicted octanol–water partition coefficient (Wildman–Crippen LogP) is 3.03. The molecule has 0 aliphatic carbocycles. The van der Waals surface area contributed by atoms with E-state index in [1.807, 2.05) is 0 Å². The van der Waals surface area contributed by atoms with Crippen LogP contribution >= 0.6 is 0 Å². The monoisotopic (exact) mass is 292 g/mol. The molecule has 2 nitrogen and oxygen atoms in total. The van der Waals surface area contributed by atoms with Crippen molar-refractivity contribution in [3.63, 3.8) is 0 Å². The van der Waals surface area contributed by atoms with Crippen LogP contribution in [-0.2, 0) is 6.61 Å². The molecular formula is C16H11F3O2. The first-order valence-corrected chi connectivity index (χ1v) is 6.05. The summed E-state index contributed by atoms with van der Waals surface area (Å²) in [6, 6.07) is 6.92. The number of aliphatic hydroxyl groups excluding tert-OH is 1. The van der Waals surface area contributed by atoms with Crippen molar-refractivity contribution in [3.8, 4) is 17.6 Å². The molecule has 5 heteroatoms. The molecule has 0 aliphatic rings. The van der Waals surface area contributed by atoms with Gasteiger partial charge in [0, 0.05) is 11.6 Å². The van der Waals surface area contributed by atoms with E-state index in [1.165, 1.54) is 18.2 Å². The van der Waals surface area contributed by atoms with Crippen molar-refractivity contribution in [3.05, 3.63) is 65.0 Å². The topological polar surface area (TPSA) is 29.5 Å². The molecule has 2 aromatic rings. The Morgan fingerprint density at radius 1 is 1.00 bits per heavy atom.